The Morgan fingerprint density at radius 1 is 0.658 bits per heavy atom. The molecule has 73 heavy (non-hydrogen) atoms. The lowest BCUT2D eigenvalue weighted by atomic mass is 10.0. The summed E-state index contributed by atoms with van der Waals surface area (Å²) in [6.07, 6.45) is 5.80. The van der Waals surface area contributed by atoms with E-state index in [1.165, 1.54) is 11.8 Å². The van der Waals surface area contributed by atoms with Crippen molar-refractivity contribution in [3.05, 3.63) is 30.1 Å². The van der Waals surface area contributed by atoms with Crippen LogP contribution in [0.2, 0.25) is 0 Å². The van der Waals surface area contributed by atoms with Gasteiger partial charge in [-0.15, -0.1) is 0 Å². The molecule has 1 aromatic carbocycles. The maximum absolute atomic E-state index is 13.1. The van der Waals surface area contributed by atoms with Crippen LogP contribution in [0.3, 0.4) is 0 Å². The van der Waals surface area contributed by atoms with Crippen LogP contribution < -0.4 is 11.1 Å². The number of carbonyl (C=O) groups is 3. The van der Waals surface area contributed by atoms with Crippen LogP contribution in [0.4, 0.5) is 5.82 Å². The van der Waals surface area contributed by atoms with Gasteiger partial charge in [0.2, 0.25) is 5.91 Å². The van der Waals surface area contributed by atoms with E-state index in [-0.39, 0.29) is 50.1 Å². The average molecular weight is 1080 g/mol. The number of aromatic nitrogens is 3. The maximum atomic E-state index is 13.1. The quantitative estimate of drug-likeness (QED) is 0.0537. The molecule has 0 radical (unpaired) electrons. The average Bonchev–Trinajstić information content (AvgIpc) is 3.74. The minimum Gasteiger partial charge on any atom is -0.382 e. The van der Waals surface area contributed by atoms with Gasteiger partial charge >= 0.3 is 0 Å². The zero-order valence-electron chi connectivity index (χ0n) is 42.9. The van der Waals surface area contributed by atoms with Crippen LogP contribution in [0, 0.1) is 5.92 Å². The number of Topliss-reactive ketones (excluding diaryl/α,β-unsaturated/α-hetero) is 1. The molecule has 2 heterocycles. The Morgan fingerprint density at radius 2 is 1.11 bits per heavy atom. The molecule has 24 heteroatoms. The van der Waals surface area contributed by atoms with Crippen LogP contribution in [0.25, 0.3) is 21.9 Å². The highest BCUT2D eigenvalue weighted by Gasteiger charge is 2.27. The summed E-state index contributed by atoms with van der Waals surface area (Å²) >= 11 is 1.21. The summed E-state index contributed by atoms with van der Waals surface area (Å²) in [7, 11) is -4.52. The number of amides is 1. The van der Waals surface area contributed by atoms with Gasteiger partial charge in [-0.2, -0.15) is 8.42 Å². The van der Waals surface area contributed by atoms with Gasteiger partial charge in [-0.25, -0.2) is 9.97 Å². The largest absolute Gasteiger partial charge is 0.382 e. The fraction of sp³-hybridized carbons (Fsp3) is 0.735. The van der Waals surface area contributed by atoms with Crippen LogP contribution in [0.1, 0.15) is 57.7 Å². The summed E-state index contributed by atoms with van der Waals surface area (Å²) in [5.74, 6) is -1.78. The van der Waals surface area contributed by atoms with E-state index in [2.05, 4.69) is 21.8 Å². The Balaban J connectivity index is 1.08. The van der Waals surface area contributed by atoms with Gasteiger partial charge in [0.1, 0.15) is 17.1 Å². The number of aryl methyl sites for hydroxylation is 2. The van der Waals surface area contributed by atoms with E-state index in [9.17, 15) is 27.4 Å². The predicted octanol–water partition coefficient (Wildman–Crippen LogP) is 3.72. The highest BCUT2D eigenvalue weighted by molar-refractivity contribution is 8.13. The third kappa shape index (κ3) is 30.0. The first-order valence-electron chi connectivity index (χ1n) is 25.2. The number of ketones is 1. The molecule has 1 atom stereocenters. The third-order valence-corrected chi connectivity index (χ3v) is 12.2. The molecule has 1 unspecified atom stereocenters. The fourth-order valence-electron chi connectivity index (χ4n) is 7.03. The molecular formula is C49H81N5O17S2. The molecule has 0 bridgehead atoms. The molecule has 0 aliphatic rings. The number of unbranched alkanes of at least 4 members (excludes halogenated alkanes) is 2. The monoisotopic (exact) mass is 1080 g/mol. The molecule has 0 saturated carbocycles. The number of nitrogens with one attached hydrogen (secondary N) is 1. The Labute approximate surface area is 434 Å². The van der Waals surface area contributed by atoms with Crippen molar-refractivity contribution in [2.24, 2.45) is 5.92 Å². The topological polar surface area (TPSA) is 276 Å². The second-order valence-electron chi connectivity index (χ2n) is 16.5. The molecule has 416 valence electrons. The number of nitrogens with two attached hydrogens (primary N) is 1. The molecular weight excluding hydrogens is 995 g/mol. The number of anilines is 1. The number of rotatable bonds is 49. The van der Waals surface area contributed by atoms with Gasteiger partial charge in [-0.05, 0) is 31.6 Å². The van der Waals surface area contributed by atoms with Crippen molar-refractivity contribution in [3.63, 3.8) is 0 Å². The highest BCUT2D eigenvalue weighted by Crippen LogP contribution is 2.29. The highest BCUT2D eigenvalue weighted by atomic mass is 32.2. The van der Waals surface area contributed by atoms with Crippen molar-refractivity contribution in [1.82, 2.24) is 19.9 Å². The maximum Gasteiger partial charge on any atom is 0.265 e. The van der Waals surface area contributed by atoms with Gasteiger partial charge in [0, 0.05) is 44.2 Å². The Bertz CT molecular complexity index is 2070. The number of imidazole rings is 1. The minimum atomic E-state index is -4.52. The smallest absolute Gasteiger partial charge is 0.265 e. The SMILES string of the molecule is CCCCc1nc2c(N)nc3ccccc3c2n1CCCCNC(=O)C(CC(=O)CCOCCOCCOCCOCCOCCOCCOCCOCCOCCOCCOCCC(=O)SC)CS(=O)(=O)O. The summed E-state index contributed by atoms with van der Waals surface area (Å²) in [5.41, 5.74) is 8.70. The molecule has 3 aromatic rings. The number of pyridine rings is 1. The minimum absolute atomic E-state index is 0.0283. The summed E-state index contributed by atoms with van der Waals surface area (Å²) in [5, 5.41) is 3.83. The number of nitrogens with zero attached hydrogens (tertiary/aromatic N) is 3. The Kier molecular flexibility index (Phi) is 35.7. The Morgan fingerprint density at radius 3 is 1.56 bits per heavy atom. The van der Waals surface area contributed by atoms with E-state index in [1.54, 1.807) is 6.26 Å². The van der Waals surface area contributed by atoms with Gasteiger partial charge in [0.15, 0.2) is 10.9 Å². The zero-order valence-corrected chi connectivity index (χ0v) is 44.6. The van der Waals surface area contributed by atoms with Gasteiger partial charge in [-0.3, -0.25) is 18.9 Å². The number of hydrogen-bond acceptors (Lipinski definition) is 20. The predicted molar refractivity (Wildman–Crippen MR) is 277 cm³/mol. The van der Waals surface area contributed by atoms with E-state index in [4.69, 9.17) is 62.8 Å². The van der Waals surface area contributed by atoms with Gasteiger partial charge < -0.3 is 67.7 Å². The number of benzene rings is 1. The zero-order chi connectivity index (χ0) is 52.6. The normalized spacial score (nSPS) is 12.3. The molecule has 2 aromatic heterocycles. The molecule has 0 aliphatic carbocycles. The molecule has 1 amide bonds. The number of fused-ring (bicyclic) bond motifs is 3. The lowest BCUT2D eigenvalue weighted by Crippen LogP contribution is -2.36. The summed E-state index contributed by atoms with van der Waals surface area (Å²) in [6, 6.07) is 7.79. The lowest BCUT2D eigenvalue weighted by molar-refractivity contribution is -0.129. The standard InChI is InChI=1S/C49H81N5O17S2/c1-3-4-11-44-53-46-47(42-9-5-6-10-43(42)52-48(46)50)54(44)15-8-7-14-51-49(57)40(39-73(58,59)60)38-41(55)12-16-61-18-20-63-22-24-65-26-28-67-30-32-69-34-36-71-37-35-70-33-31-68-29-27-66-25-23-64-21-19-62-17-13-45(56)72-2/h5-6,9-10,40H,3-4,7-8,11-39H2,1-2H3,(H2,50,52)(H,51,57)(H,58,59,60). The van der Waals surface area contributed by atoms with Crippen molar-refractivity contribution in [2.45, 2.75) is 64.8 Å². The van der Waals surface area contributed by atoms with Crippen LogP contribution in [0.15, 0.2) is 24.3 Å². The van der Waals surface area contributed by atoms with Crippen molar-refractivity contribution < 1.29 is 79.5 Å². The number of ether oxygens (including phenoxy) is 11. The number of hydrogen-bond donors (Lipinski definition) is 3. The van der Waals surface area contributed by atoms with Crippen molar-refractivity contribution in [2.75, 3.05) is 170 Å². The molecule has 0 spiro atoms. The van der Waals surface area contributed by atoms with E-state index < -0.39 is 27.7 Å². The van der Waals surface area contributed by atoms with Gasteiger partial charge in [0.25, 0.3) is 10.1 Å². The van der Waals surface area contributed by atoms with Gasteiger partial charge in [-0.1, -0.05) is 43.3 Å². The van der Waals surface area contributed by atoms with Crippen molar-refractivity contribution in [3.8, 4) is 0 Å². The molecule has 0 aliphatic heterocycles. The fourth-order valence-corrected chi connectivity index (χ4v) is 8.09. The van der Waals surface area contributed by atoms with Crippen LogP contribution in [-0.4, -0.2) is 208 Å². The van der Waals surface area contributed by atoms with Gasteiger partial charge in [0.05, 0.1) is 168 Å². The van der Waals surface area contributed by atoms with Crippen molar-refractivity contribution >= 4 is 66.4 Å². The van der Waals surface area contributed by atoms with Crippen LogP contribution >= 0.6 is 11.8 Å². The summed E-state index contributed by atoms with van der Waals surface area (Å²) in [4.78, 5) is 46.3. The van der Waals surface area contributed by atoms with Crippen molar-refractivity contribution in [1.29, 1.82) is 0 Å². The molecule has 0 fully saturated rings. The van der Waals surface area contributed by atoms with E-state index in [0.29, 0.717) is 163 Å². The summed E-state index contributed by atoms with van der Waals surface area (Å²) in [6.45, 7) is 11.9. The lowest BCUT2D eigenvalue weighted by Gasteiger charge is -2.15. The van der Waals surface area contributed by atoms with Crippen LogP contribution in [0.5, 0.6) is 0 Å². The first-order chi connectivity index (χ1) is 35.5. The van der Waals surface area contributed by atoms with E-state index >= 15 is 0 Å². The molecule has 4 N–H and O–H groups in total. The van der Waals surface area contributed by atoms with E-state index in [0.717, 1.165) is 41.5 Å². The summed E-state index contributed by atoms with van der Waals surface area (Å²) < 4.78 is 95.3. The second kappa shape index (κ2) is 40.8. The molecule has 3 rings (SSSR count). The second-order valence-corrected chi connectivity index (χ2v) is 18.9. The third-order valence-electron chi connectivity index (χ3n) is 10.7. The number of nitrogen functional groups attached to an aromatic ring is 1. The number of thioether (sulfide) groups is 1. The molecule has 22 nitrogen and oxygen atoms in total. The first kappa shape index (κ1) is 63.8. The Hall–Kier alpha value is -3.47. The number of para-hydroxylation sites is 1. The molecule has 0 saturated heterocycles. The number of carbonyl (C=O) groups excluding carboxylic acids is 3. The van der Waals surface area contributed by atoms with Crippen LogP contribution in [-0.2, 0) is 89.6 Å². The first-order valence-corrected chi connectivity index (χ1v) is 28.1. The van der Waals surface area contributed by atoms with E-state index in [1.807, 2.05) is 24.3 Å².